The average molecular weight is 369 g/mol. The molecule has 3 rings (SSSR count). The maximum atomic E-state index is 12.5. The monoisotopic (exact) mass is 369 g/mol. The van der Waals surface area contributed by atoms with Gasteiger partial charge in [-0.2, -0.15) is 0 Å². The zero-order valence-corrected chi connectivity index (χ0v) is 15.7. The van der Waals surface area contributed by atoms with E-state index in [0.717, 1.165) is 13.1 Å². The van der Waals surface area contributed by atoms with E-state index in [-0.39, 0.29) is 28.8 Å². The fourth-order valence-electron chi connectivity index (χ4n) is 3.57. The third-order valence-electron chi connectivity index (χ3n) is 5.06. The van der Waals surface area contributed by atoms with Crippen LogP contribution >= 0.6 is 0 Å². The van der Waals surface area contributed by atoms with Crippen molar-refractivity contribution in [3.8, 4) is 5.75 Å². The van der Waals surface area contributed by atoms with Crippen molar-refractivity contribution in [3.63, 3.8) is 0 Å². The number of benzene rings is 1. The molecule has 1 fully saturated rings. The highest BCUT2D eigenvalue weighted by atomic mass is 16.5. The molecule has 0 saturated carbocycles. The predicted octanol–water partition coefficient (Wildman–Crippen LogP) is 2.73. The van der Waals surface area contributed by atoms with Gasteiger partial charge in [0.15, 0.2) is 5.75 Å². The number of aromatic amines is 1. The van der Waals surface area contributed by atoms with Crippen LogP contribution < -0.4 is 15.5 Å². The van der Waals surface area contributed by atoms with Gasteiger partial charge >= 0.3 is 0 Å². The van der Waals surface area contributed by atoms with Gasteiger partial charge in [-0.25, -0.2) is 0 Å². The van der Waals surface area contributed by atoms with E-state index in [1.807, 2.05) is 18.2 Å². The molecular weight excluding hydrogens is 342 g/mol. The van der Waals surface area contributed by atoms with Crippen LogP contribution in [0, 0.1) is 0 Å². The normalized spacial score (nSPS) is 16.3. The number of amides is 1. The number of aromatic nitrogens is 1. The Morgan fingerprint density at radius 3 is 2.52 bits per heavy atom. The molecule has 1 amide bonds. The zero-order valence-electron chi connectivity index (χ0n) is 15.7. The molecule has 1 saturated heterocycles. The second-order valence-corrected chi connectivity index (χ2v) is 6.87. The van der Waals surface area contributed by atoms with Gasteiger partial charge in [0.2, 0.25) is 5.43 Å². The van der Waals surface area contributed by atoms with Crippen LogP contribution in [-0.2, 0) is 0 Å². The minimum atomic E-state index is -0.312. The Kier molecular flexibility index (Phi) is 6.65. The Balaban J connectivity index is 1.73. The quantitative estimate of drug-likeness (QED) is 0.821. The molecule has 2 aromatic rings. The number of hydrogen-bond acceptors (Lipinski definition) is 4. The number of methoxy groups -OCH3 is 1. The number of likely N-dealkylation sites (tertiary alicyclic amines) is 1. The van der Waals surface area contributed by atoms with Crippen molar-refractivity contribution in [1.82, 2.24) is 15.2 Å². The molecule has 0 spiro atoms. The second-order valence-electron chi connectivity index (χ2n) is 6.87. The molecule has 0 bridgehead atoms. The first-order valence-electron chi connectivity index (χ1n) is 9.53. The van der Waals surface area contributed by atoms with Crippen LogP contribution in [0.3, 0.4) is 0 Å². The summed E-state index contributed by atoms with van der Waals surface area (Å²) < 4.78 is 4.94. The van der Waals surface area contributed by atoms with Crippen LogP contribution in [-0.4, -0.2) is 42.5 Å². The summed E-state index contributed by atoms with van der Waals surface area (Å²) in [5, 5.41) is 2.99. The highest BCUT2D eigenvalue weighted by Crippen LogP contribution is 2.23. The first kappa shape index (κ1) is 19.2. The van der Waals surface area contributed by atoms with E-state index in [2.05, 4.69) is 27.3 Å². The minimum Gasteiger partial charge on any atom is -0.491 e. The SMILES string of the molecule is COc1c[nH]c(C(=O)NC[C@@H](c2ccccc2)N2CCCCCC2)cc1=O. The molecule has 27 heavy (non-hydrogen) atoms. The number of rotatable bonds is 6. The van der Waals surface area contributed by atoms with Gasteiger partial charge in [-0.15, -0.1) is 0 Å². The third-order valence-corrected chi connectivity index (χ3v) is 5.06. The maximum absolute atomic E-state index is 12.5. The number of hydrogen-bond donors (Lipinski definition) is 2. The maximum Gasteiger partial charge on any atom is 0.267 e. The summed E-state index contributed by atoms with van der Waals surface area (Å²) in [6, 6.07) is 11.7. The molecule has 2 heterocycles. The highest BCUT2D eigenvalue weighted by molar-refractivity contribution is 5.92. The fraction of sp³-hybridized carbons (Fsp3) is 0.429. The first-order valence-corrected chi connectivity index (χ1v) is 9.53. The van der Waals surface area contributed by atoms with Crippen molar-refractivity contribution in [1.29, 1.82) is 0 Å². The molecule has 0 aliphatic carbocycles. The largest absolute Gasteiger partial charge is 0.491 e. The Bertz CT molecular complexity index is 796. The molecule has 6 heteroatoms. The van der Waals surface area contributed by atoms with Gasteiger partial charge in [0.1, 0.15) is 5.69 Å². The second kappa shape index (κ2) is 9.37. The topological polar surface area (TPSA) is 74.4 Å². The number of ether oxygens (including phenoxy) is 1. The van der Waals surface area contributed by atoms with Gasteiger partial charge in [0.05, 0.1) is 13.2 Å². The van der Waals surface area contributed by atoms with Crippen molar-refractivity contribution in [2.24, 2.45) is 0 Å². The lowest BCUT2D eigenvalue weighted by Gasteiger charge is -2.31. The molecule has 1 aliphatic heterocycles. The van der Waals surface area contributed by atoms with Gasteiger partial charge < -0.3 is 15.0 Å². The average Bonchev–Trinajstić information content (AvgIpc) is 2.98. The first-order chi connectivity index (χ1) is 13.2. The summed E-state index contributed by atoms with van der Waals surface area (Å²) in [4.78, 5) is 29.7. The lowest BCUT2D eigenvalue weighted by atomic mass is 10.0. The summed E-state index contributed by atoms with van der Waals surface area (Å²) >= 11 is 0. The third kappa shape index (κ3) is 4.98. The lowest BCUT2D eigenvalue weighted by Crippen LogP contribution is -2.39. The molecule has 0 unspecified atom stereocenters. The van der Waals surface area contributed by atoms with Crippen molar-refractivity contribution in [3.05, 3.63) is 64.1 Å². The molecule has 2 N–H and O–H groups in total. The molecule has 1 aromatic heterocycles. The van der Waals surface area contributed by atoms with E-state index in [4.69, 9.17) is 4.74 Å². The van der Waals surface area contributed by atoms with E-state index < -0.39 is 0 Å². The number of H-pyrrole nitrogens is 1. The van der Waals surface area contributed by atoms with Crippen LogP contribution in [0.4, 0.5) is 0 Å². The highest BCUT2D eigenvalue weighted by Gasteiger charge is 2.22. The summed E-state index contributed by atoms with van der Waals surface area (Å²) in [6.45, 7) is 2.57. The molecule has 1 aromatic carbocycles. The molecule has 0 radical (unpaired) electrons. The van der Waals surface area contributed by atoms with Crippen molar-refractivity contribution in [2.45, 2.75) is 31.7 Å². The summed E-state index contributed by atoms with van der Waals surface area (Å²) in [5.74, 6) is -0.0937. The number of nitrogens with one attached hydrogen (secondary N) is 2. The van der Waals surface area contributed by atoms with Crippen molar-refractivity contribution in [2.75, 3.05) is 26.7 Å². The van der Waals surface area contributed by atoms with E-state index >= 15 is 0 Å². The number of nitrogens with zero attached hydrogens (tertiary/aromatic N) is 1. The summed E-state index contributed by atoms with van der Waals surface area (Å²) in [6.07, 6.45) is 6.31. The van der Waals surface area contributed by atoms with Crippen LogP contribution in [0.25, 0.3) is 0 Å². The van der Waals surface area contributed by atoms with Gasteiger partial charge in [-0.3, -0.25) is 14.5 Å². The number of carbonyl (C=O) groups is 1. The van der Waals surface area contributed by atoms with Gasteiger partial charge in [0, 0.05) is 18.8 Å². The summed E-state index contributed by atoms with van der Waals surface area (Å²) in [5.41, 5.74) is 1.12. The molecular formula is C21H27N3O3. The molecule has 1 atom stereocenters. The smallest absolute Gasteiger partial charge is 0.267 e. The van der Waals surface area contributed by atoms with E-state index in [9.17, 15) is 9.59 Å². The molecule has 144 valence electrons. The van der Waals surface area contributed by atoms with Gasteiger partial charge in [0.25, 0.3) is 5.91 Å². The van der Waals surface area contributed by atoms with Gasteiger partial charge in [-0.05, 0) is 31.5 Å². The molecule has 6 nitrogen and oxygen atoms in total. The molecule has 1 aliphatic rings. The van der Waals surface area contributed by atoms with Crippen LogP contribution in [0.1, 0.15) is 47.8 Å². The van der Waals surface area contributed by atoms with Gasteiger partial charge in [-0.1, -0.05) is 43.2 Å². The minimum absolute atomic E-state index is 0.123. The van der Waals surface area contributed by atoms with E-state index in [1.54, 1.807) is 0 Å². The zero-order chi connectivity index (χ0) is 19.1. The van der Waals surface area contributed by atoms with Crippen LogP contribution in [0.15, 0.2) is 47.4 Å². The number of pyridine rings is 1. The summed E-state index contributed by atoms with van der Waals surface area (Å²) in [7, 11) is 1.43. The fourth-order valence-corrected chi connectivity index (χ4v) is 3.57. The Hall–Kier alpha value is -2.60. The van der Waals surface area contributed by atoms with E-state index in [0.29, 0.717) is 6.54 Å². The predicted molar refractivity (Wildman–Crippen MR) is 105 cm³/mol. The Morgan fingerprint density at radius 1 is 1.19 bits per heavy atom. The number of carbonyl (C=O) groups excluding carboxylic acids is 1. The van der Waals surface area contributed by atoms with Crippen LogP contribution in [0.5, 0.6) is 5.75 Å². The standard InChI is InChI=1S/C21H27N3O3/c1-27-20-15-22-17(13-19(20)25)21(26)23-14-18(16-9-5-4-6-10-16)24-11-7-2-3-8-12-24/h4-6,9-10,13,15,18H,2-3,7-8,11-12,14H2,1H3,(H,22,25)(H,23,26)/t18-/m0/s1. The van der Waals surface area contributed by atoms with E-state index in [1.165, 1.54) is 50.6 Å². The van der Waals surface area contributed by atoms with Crippen molar-refractivity contribution >= 4 is 5.91 Å². The van der Waals surface area contributed by atoms with Crippen molar-refractivity contribution < 1.29 is 9.53 Å². The van der Waals surface area contributed by atoms with Crippen LogP contribution in [0.2, 0.25) is 0 Å². The Labute approximate surface area is 159 Å². The lowest BCUT2D eigenvalue weighted by molar-refractivity contribution is 0.0928. The Morgan fingerprint density at radius 2 is 1.89 bits per heavy atom.